The maximum absolute atomic E-state index is 10.9. The van der Waals surface area contributed by atoms with E-state index in [1.54, 1.807) is 0 Å². The van der Waals surface area contributed by atoms with E-state index >= 15 is 0 Å². The average Bonchev–Trinajstić information content (AvgIpc) is 2.07. The van der Waals surface area contributed by atoms with Gasteiger partial charge in [0.15, 0.2) is 0 Å². The SMILES string of the molecule is Cl.N#COC(=O)C1CCNCC1. The molecule has 68 valence electrons. The molecule has 1 aliphatic rings. The highest BCUT2D eigenvalue weighted by atomic mass is 35.5. The number of rotatable bonds is 1. The van der Waals surface area contributed by atoms with E-state index in [0.29, 0.717) is 0 Å². The van der Waals surface area contributed by atoms with E-state index in [9.17, 15) is 4.79 Å². The van der Waals surface area contributed by atoms with Crippen molar-refractivity contribution in [1.29, 1.82) is 5.26 Å². The summed E-state index contributed by atoms with van der Waals surface area (Å²) in [5.74, 6) is -0.454. The van der Waals surface area contributed by atoms with Crippen molar-refractivity contribution in [3.8, 4) is 6.26 Å². The van der Waals surface area contributed by atoms with Crippen LogP contribution < -0.4 is 5.32 Å². The van der Waals surface area contributed by atoms with Crippen LogP contribution in [0.3, 0.4) is 0 Å². The van der Waals surface area contributed by atoms with Crippen molar-refractivity contribution in [3.05, 3.63) is 0 Å². The van der Waals surface area contributed by atoms with Gasteiger partial charge in [-0.2, -0.15) is 0 Å². The molecule has 0 spiro atoms. The number of hydrogen-bond donors (Lipinski definition) is 1. The van der Waals surface area contributed by atoms with Gasteiger partial charge in [0.2, 0.25) is 0 Å². The Morgan fingerprint density at radius 3 is 2.58 bits per heavy atom. The fourth-order valence-electron chi connectivity index (χ4n) is 1.19. The number of carbonyl (C=O) groups excluding carboxylic acids is 1. The van der Waals surface area contributed by atoms with Crippen molar-refractivity contribution in [2.24, 2.45) is 5.92 Å². The molecule has 0 amide bonds. The largest absolute Gasteiger partial charge is 0.351 e. The van der Waals surface area contributed by atoms with E-state index in [0.717, 1.165) is 25.9 Å². The summed E-state index contributed by atoms with van der Waals surface area (Å²) in [6.45, 7) is 1.68. The predicted octanol–water partition coefficient (Wildman–Crippen LogP) is 0.432. The molecule has 0 aromatic carbocycles. The molecule has 0 bridgehead atoms. The zero-order valence-corrected chi connectivity index (χ0v) is 7.39. The highest BCUT2D eigenvalue weighted by Gasteiger charge is 2.22. The normalized spacial score (nSPS) is 17.2. The van der Waals surface area contributed by atoms with Crippen LogP contribution in [0.2, 0.25) is 0 Å². The van der Waals surface area contributed by atoms with E-state index in [1.807, 2.05) is 0 Å². The molecule has 0 atom stereocenters. The predicted molar refractivity (Wildman–Crippen MR) is 44.5 cm³/mol. The van der Waals surface area contributed by atoms with Crippen LogP contribution in [-0.2, 0) is 9.53 Å². The summed E-state index contributed by atoms with van der Waals surface area (Å²) in [5.41, 5.74) is 0. The van der Waals surface area contributed by atoms with Crippen LogP contribution in [0.4, 0.5) is 0 Å². The molecule has 0 aromatic rings. The molecule has 0 unspecified atom stereocenters. The van der Waals surface area contributed by atoms with Crippen molar-refractivity contribution in [3.63, 3.8) is 0 Å². The molecule has 12 heavy (non-hydrogen) atoms. The maximum Gasteiger partial charge on any atom is 0.324 e. The molecule has 0 radical (unpaired) electrons. The monoisotopic (exact) mass is 190 g/mol. The van der Waals surface area contributed by atoms with E-state index in [4.69, 9.17) is 5.26 Å². The molecule has 0 aromatic heterocycles. The van der Waals surface area contributed by atoms with Crippen LogP contribution in [0.15, 0.2) is 0 Å². The van der Waals surface area contributed by atoms with Crippen LogP contribution in [-0.4, -0.2) is 19.1 Å². The van der Waals surface area contributed by atoms with Crippen LogP contribution in [0.1, 0.15) is 12.8 Å². The number of piperidine rings is 1. The molecule has 1 saturated heterocycles. The molecule has 1 heterocycles. The van der Waals surface area contributed by atoms with Crippen molar-refractivity contribution in [2.75, 3.05) is 13.1 Å². The number of hydrogen-bond acceptors (Lipinski definition) is 4. The van der Waals surface area contributed by atoms with E-state index in [1.165, 1.54) is 6.26 Å². The molecule has 0 saturated carbocycles. The summed E-state index contributed by atoms with van der Waals surface area (Å²) in [4.78, 5) is 10.9. The fourth-order valence-corrected chi connectivity index (χ4v) is 1.19. The van der Waals surface area contributed by atoms with Gasteiger partial charge in [0.1, 0.15) is 0 Å². The summed E-state index contributed by atoms with van der Waals surface area (Å²) in [6.07, 6.45) is 2.95. The van der Waals surface area contributed by atoms with Gasteiger partial charge in [-0.25, -0.2) is 0 Å². The number of ether oxygens (including phenoxy) is 1. The number of nitriles is 1. The number of halogens is 1. The number of nitrogens with zero attached hydrogens (tertiary/aromatic N) is 1. The lowest BCUT2D eigenvalue weighted by molar-refractivity contribution is -0.142. The Kier molecular flexibility index (Phi) is 5.43. The standard InChI is InChI=1S/C7H10N2O2.ClH/c8-5-11-7(10)6-1-3-9-4-2-6;/h6,9H,1-4H2;1H. The van der Waals surface area contributed by atoms with Gasteiger partial charge in [0, 0.05) is 0 Å². The summed E-state index contributed by atoms with van der Waals surface area (Å²) < 4.78 is 4.22. The second-order valence-electron chi connectivity index (χ2n) is 2.54. The zero-order valence-electron chi connectivity index (χ0n) is 6.58. The van der Waals surface area contributed by atoms with Gasteiger partial charge in [0.25, 0.3) is 6.26 Å². The van der Waals surface area contributed by atoms with Gasteiger partial charge < -0.3 is 10.1 Å². The first-order valence-corrected chi connectivity index (χ1v) is 3.65. The summed E-state index contributed by atoms with van der Waals surface area (Å²) in [5, 5.41) is 11.2. The molecule has 1 fully saturated rings. The van der Waals surface area contributed by atoms with Crippen LogP contribution in [0, 0.1) is 17.4 Å². The second-order valence-corrected chi connectivity index (χ2v) is 2.54. The number of esters is 1. The molecule has 1 aliphatic heterocycles. The molecule has 5 heteroatoms. The summed E-state index contributed by atoms with van der Waals surface area (Å²) >= 11 is 0. The molecule has 0 aliphatic carbocycles. The highest BCUT2D eigenvalue weighted by Crippen LogP contribution is 2.12. The fraction of sp³-hybridized carbons (Fsp3) is 0.714. The Bertz CT molecular complexity index is 184. The topological polar surface area (TPSA) is 62.1 Å². The molecular formula is C7H11ClN2O2. The lowest BCUT2D eigenvalue weighted by atomic mass is 9.99. The van der Waals surface area contributed by atoms with E-state index in [-0.39, 0.29) is 24.3 Å². The first-order chi connectivity index (χ1) is 5.34. The van der Waals surface area contributed by atoms with E-state index in [2.05, 4.69) is 10.1 Å². The molecule has 1 N–H and O–H groups in total. The van der Waals surface area contributed by atoms with Gasteiger partial charge in [-0.1, -0.05) is 0 Å². The third kappa shape index (κ3) is 3.07. The van der Waals surface area contributed by atoms with E-state index < -0.39 is 0 Å². The Hall–Kier alpha value is -0.790. The average molecular weight is 191 g/mol. The Labute approximate surface area is 77.3 Å². The highest BCUT2D eigenvalue weighted by molar-refractivity contribution is 5.85. The summed E-state index contributed by atoms with van der Waals surface area (Å²) in [7, 11) is 0. The Balaban J connectivity index is 0.00000121. The van der Waals surface area contributed by atoms with Crippen LogP contribution in [0.5, 0.6) is 0 Å². The van der Waals surface area contributed by atoms with Gasteiger partial charge in [-0.15, -0.1) is 17.7 Å². The molecule has 1 rings (SSSR count). The van der Waals surface area contributed by atoms with Crippen molar-refractivity contribution >= 4 is 18.4 Å². The van der Waals surface area contributed by atoms with Crippen molar-refractivity contribution in [2.45, 2.75) is 12.8 Å². The summed E-state index contributed by atoms with van der Waals surface area (Å²) in [6, 6.07) is 0. The first kappa shape index (κ1) is 11.2. The van der Waals surface area contributed by atoms with Gasteiger partial charge in [-0.3, -0.25) is 4.79 Å². The third-order valence-electron chi connectivity index (χ3n) is 1.82. The van der Waals surface area contributed by atoms with Crippen molar-refractivity contribution < 1.29 is 9.53 Å². The third-order valence-corrected chi connectivity index (χ3v) is 1.82. The minimum atomic E-state index is -0.381. The maximum atomic E-state index is 10.9. The molecular weight excluding hydrogens is 180 g/mol. The number of carbonyl (C=O) groups is 1. The minimum Gasteiger partial charge on any atom is -0.351 e. The zero-order chi connectivity index (χ0) is 8.10. The lowest BCUT2D eigenvalue weighted by Crippen LogP contribution is -2.32. The number of nitrogens with one attached hydrogen (secondary N) is 1. The minimum absolute atomic E-state index is 0. The van der Waals surface area contributed by atoms with Gasteiger partial charge in [0.05, 0.1) is 5.92 Å². The second kappa shape index (κ2) is 5.81. The van der Waals surface area contributed by atoms with Crippen molar-refractivity contribution in [1.82, 2.24) is 5.32 Å². The smallest absolute Gasteiger partial charge is 0.324 e. The Morgan fingerprint density at radius 2 is 2.08 bits per heavy atom. The first-order valence-electron chi connectivity index (χ1n) is 3.65. The lowest BCUT2D eigenvalue weighted by Gasteiger charge is -2.18. The quantitative estimate of drug-likeness (QED) is 0.481. The Morgan fingerprint density at radius 1 is 1.50 bits per heavy atom. The van der Waals surface area contributed by atoms with Crippen LogP contribution in [0.25, 0.3) is 0 Å². The van der Waals surface area contributed by atoms with Gasteiger partial charge >= 0.3 is 5.97 Å². The van der Waals surface area contributed by atoms with Gasteiger partial charge in [-0.05, 0) is 25.9 Å². The molecule has 4 nitrogen and oxygen atoms in total. The van der Waals surface area contributed by atoms with Crippen LogP contribution >= 0.6 is 12.4 Å².